The number of nitrogens with one attached hydrogen (secondary N) is 2. The van der Waals surface area contributed by atoms with Crippen LogP contribution in [0.4, 0.5) is 5.69 Å². The highest BCUT2D eigenvalue weighted by atomic mass is 32.2. The van der Waals surface area contributed by atoms with Crippen molar-refractivity contribution >= 4 is 15.9 Å². The van der Waals surface area contributed by atoms with Crippen LogP contribution >= 0.6 is 0 Å². The molecule has 0 aliphatic carbocycles. The molecule has 3 N–H and O–H groups in total. The molecule has 0 radical (unpaired) electrons. The molecule has 0 atom stereocenters. The molecule has 21 heavy (non-hydrogen) atoms. The molecule has 0 heterocycles. The van der Waals surface area contributed by atoms with Crippen LogP contribution in [0.3, 0.4) is 0 Å². The van der Waals surface area contributed by atoms with Crippen LogP contribution in [0, 0.1) is 18.8 Å². The van der Waals surface area contributed by atoms with Crippen molar-refractivity contribution in [3.05, 3.63) is 29.3 Å². The van der Waals surface area contributed by atoms with Gasteiger partial charge in [-0.3, -0.25) is 4.72 Å². The van der Waals surface area contributed by atoms with Crippen molar-refractivity contribution in [2.75, 3.05) is 31.6 Å². The first-order valence-electron chi connectivity index (χ1n) is 6.45. The molecule has 1 aromatic carbocycles. The fourth-order valence-corrected chi connectivity index (χ4v) is 2.42. The van der Waals surface area contributed by atoms with Gasteiger partial charge in [-0.2, -0.15) is 13.1 Å². The lowest BCUT2D eigenvalue weighted by atomic mass is 10.1. The molecule has 6 nitrogen and oxygen atoms in total. The summed E-state index contributed by atoms with van der Waals surface area (Å²) in [5.74, 6) is 5.66. The summed E-state index contributed by atoms with van der Waals surface area (Å²) in [7, 11) is -2.14. The molecule has 0 aliphatic heterocycles. The number of ether oxygens (including phenoxy) is 1. The first kappa shape index (κ1) is 17.5. The van der Waals surface area contributed by atoms with Gasteiger partial charge < -0.3 is 9.84 Å². The molecule has 116 valence electrons. The van der Waals surface area contributed by atoms with Crippen LogP contribution < -0.4 is 9.44 Å². The summed E-state index contributed by atoms with van der Waals surface area (Å²) < 4.78 is 33.3. The van der Waals surface area contributed by atoms with E-state index in [-0.39, 0.29) is 13.2 Å². The third kappa shape index (κ3) is 6.60. The van der Waals surface area contributed by atoms with E-state index in [4.69, 9.17) is 9.84 Å². The average molecular weight is 312 g/mol. The zero-order chi connectivity index (χ0) is 15.7. The molecule has 7 heteroatoms. The van der Waals surface area contributed by atoms with Gasteiger partial charge in [-0.15, -0.1) is 0 Å². The average Bonchev–Trinajstić information content (AvgIpc) is 2.42. The van der Waals surface area contributed by atoms with Gasteiger partial charge in [0, 0.05) is 25.6 Å². The van der Waals surface area contributed by atoms with Crippen molar-refractivity contribution in [1.82, 2.24) is 4.72 Å². The summed E-state index contributed by atoms with van der Waals surface area (Å²) in [6.07, 6.45) is 0.382. The van der Waals surface area contributed by atoms with Crippen LogP contribution in [0.1, 0.15) is 17.5 Å². The monoisotopic (exact) mass is 312 g/mol. The van der Waals surface area contributed by atoms with E-state index in [2.05, 4.69) is 21.3 Å². The Morgan fingerprint density at radius 1 is 1.38 bits per heavy atom. The van der Waals surface area contributed by atoms with E-state index in [1.54, 1.807) is 25.1 Å². The lowest BCUT2D eigenvalue weighted by Crippen LogP contribution is -2.32. The zero-order valence-corrected chi connectivity index (χ0v) is 13.0. The van der Waals surface area contributed by atoms with Crippen LogP contribution in [0.25, 0.3) is 0 Å². The first-order valence-corrected chi connectivity index (χ1v) is 7.93. The number of aryl methyl sites for hydroxylation is 1. The molecule has 0 spiro atoms. The Balaban J connectivity index is 2.83. The number of rotatable bonds is 7. The normalized spacial score (nSPS) is 10.8. The summed E-state index contributed by atoms with van der Waals surface area (Å²) in [4.78, 5) is 0. The standard InChI is InChI=1S/C14H20N2O4S/c1-12-6-7-13(5-3-4-9-17)11-14(12)16-21(18,19)15-8-10-20-2/h6-7,11,15-17H,4,8-10H2,1-2H3. The van der Waals surface area contributed by atoms with E-state index in [1.807, 2.05) is 0 Å². The molecule has 1 aromatic rings. The fraction of sp³-hybridized carbons (Fsp3) is 0.429. The molecule has 0 amide bonds. The predicted molar refractivity (Wildman–Crippen MR) is 82.2 cm³/mol. The molecule has 0 unspecified atom stereocenters. The minimum atomic E-state index is -3.64. The number of anilines is 1. The van der Waals surface area contributed by atoms with E-state index in [0.29, 0.717) is 24.3 Å². The highest BCUT2D eigenvalue weighted by Crippen LogP contribution is 2.17. The Morgan fingerprint density at radius 2 is 2.14 bits per heavy atom. The second-order valence-corrected chi connectivity index (χ2v) is 5.80. The van der Waals surface area contributed by atoms with Gasteiger partial charge in [0.15, 0.2) is 0 Å². The highest BCUT2D eigenvalue weighted by molar-refractivity contribution is 7.90. The van der Waals surface area contributed by atoms with Gasteiger partial charge in [-0.1, -0.05) is 17.9 Å². The van der Waals surface area contributed by atoms with Crippen LogP contribution in [0.15, 0.2) is 18.2 Å². The molecule has 0 saturated heterocycles. The maximum absolute atomic E-state index is 11.9. The number of methoxy groups -OCH3 is 1. The van der Waals surface area contributed by atoms with Gasteiger partial charge in [0.25, 0.3) is 10.2 Å². The van der Waals surface area contributed by atoms with Crippen molar-refractivity contribution in [3.63, 3.8) is 0 Å². The Labute approximate surface area is 125 Å². The minimum absolute atomic E-state index is 0.00175. The Bertz CT molecular complexity index is 618. The second kappa shape index (κ2) is 8.64. The van der Waals surface area contributed by atoms with E-state index >= 15 is 0 Å². The lowest BCUT2D eigenvalue weighted by Gasteiger charge is -2.11. The van der Waals surface area contributed by atoms with Gasteiger partial charge in [0.1, 0.15) is 0 Å². The third-order valence-corrected chi connectivity index (χ3v) is 3.62. The molecule has 0 bridgehead atoms. The van der Waals surface area contributed by atoms with Gasteiger partial charge >= 0.3 is 0 Å². The van der Waals surface area contributed by atoms with Crippen molar-refractivity contribution in [2.45, 2.75) is 13.3 Å². The molecular weight excluding hydrogens is 292 g/mol. The summed E-state index contributed by atoms with van der Waals surface area (Å²) >= 11 is 0. The highest BCUT2D eigenvalue weighted by Gasteiger charge is 2.10. The first-order chi connectivity index (χ1) is 9.98. The molecular formula is C14H20N2O4S. The van der Waals surface area contributed by atoms with Gasteiger partial charge in [0.05, 0.1) is 18.9 Å². The minimum Gasteiger partial charge on any atom is -0.395 e. The van der Waals surface area contributed by atoms with Crippen molar-refractivity contribution in [1.29, 1.82) is 0 Å². The van der Waals surface area contributed by atoms with E-state index in [9.17, 15) is 8.42 Å². The van der Waals surface area contributed by atoms with Crippen LogP contribution in [0.2, 0.25) is 0 Å². The largest absolute Gasteiger partial charge is 0.395 e. The lowest BCUT2D eigenvalue weighted by molar-refractivity contribution is 0.204. The van der Waals surface area contributed by atoms with Crippen LogP contribution in [0.5, 0.6) is 0 Å². The molecule has 0 fully saturated rings. The zero-order valence-electron chi connectivity index (χ0n) is 12.1. The number of hydrogen-bond donors (Lipinski definition) is 3. The second-order valence-electron chi connectivity index (χ2n) is 4.30. The summed E-state index contributed by atoms with van der Waals surface area (Å²) in [6.45, 7) is 2.30. The quantitative estimate of drug-likeness (QED) is 0.509. The van der Waals surface area contributed by atoms with Crippen molar-refractivity contribution in [3.8, 4) is 11.8 Å². The van der Waals surface area contributed by atoms with Gasteiger partial charge in [-0.05, 0) is 24.6 Å². The summed E-state index contributed by atoms with van der Waals surface area (Å²) in [6, 6.07) is 5.25. The van der Waals surface area contributed by atoms with E-state index in [1.165, 1.54) is 7.11 Å². The van der Waals surface area contributed by atoms with Crippen molar-refractivity contribution < 1.29 is 18.3 Å². The SMILES string of the molecule is COCCNS(=O)(=O)Nc1cc(C#CCCO)ccc1C. The van der Waals surface area contributed by atoms with E-state index in [0.717, 1.165) is 5.56 Å². The number of aliphatic hydroxyl groups excluding tert-OH is 1. The van der Waals surface area contributed by atoms with Crippen molar-refractivity contribution in [2.24, 2.45) is 0 Å². The van der Waals surface area contributed by atoms with Gasteiger partial charge in [-0.25, -0.2) is 0 Å². The maximum atomic E-state index is 11.9. The topological polar surface area (TPSA) is 87.7 Å². The smallest absolute Gasteiger partial charge is 0.299 e. The summed E-state index contributed by atoms with van der Waals surface area (Å²) in [5, 5.41) is 8.69. The summed E-state index contributed by atoms with van der Waals surface area (Å²) in [5.41, 5.74) is 1.94. The Hall–Kier alpha value is -1.59. The number of hydrogen-bond acceptors (Lipinski definition) is 4. The molecule has 0 saturated carbocycles. The van der Waals surface area contributed by atoms with Crippen LogP contribution in [-0.4, -0.2) is 40.4 Å². The predicted octanol–water partition coefficient (Wildman–Crippen LogP) is 0.622. The Kier molecular flexibility index (Phi) is 7.19. The molecule has 0 aliphatic rings. The number of benzene rings is 1. The van der Waals surface area contributed by atoms with E-state index < -0.39 is 10.2 Å². The maximum Gasteiger partial charge on any atom is 0.299 e. The molecule has 1 rings (SSSR count). The molecule has 0 aromatic heterocycles. The van der Waals surface area contributed by atoms with Crippen LogP contribution in [-0.2, 0) is 14.9 Å². The van der Waals surface area contributed by atoms with Gasteiger partial charge in [0.2, 0.25) is 0 Å². The third-order valence-electron chi connectivity index (χ3n) is 2.55. The number of aliphatic hydroxyl groups is 1. The Morgan fingerprint density at radius 3 is 2.81 bits per heavy atom. The fourth-order valence-electron chi connectivity index (χ4n) is 1.49.